The Bertz CT molecular complexity index is 1050. The maximum atomic E-state index is 13.0. The molecule has 0 aliphatic heterocycles. The highest BCUT2D eigenvalue weighted by Crippen LogP contribution is 2.20. The maximum absolute atomic E-state index is 13.0. The van der Waals surface area contributed by atoms with Gasteiger partial charge in [-0.25, -0.2) is 14.1 Å². The second-order valence-corrected chi connectivity index (χ2v) is 6.17. The molecule has 7 nitrogen and oxygen atoms in total. The van der Waals surface area contributed by atoms with Crippen LogP contribution in [0.5, 0.6) is 0 Å². The number of hydrogen-bond donors (Lipinski definition) is 2. The average molecular weight is 375 g/mol. The Morgan fingerprint density at radius 2 is 1.86 bits per heavy atom. The van der Waals surface area contributed by atoms with Crippen molar-refractivity contribution in [2.45, 2.75) is 13.0 Å². The number of benzene rings is 1. The first-order valence-corrected chi connectivity index (χ1v) is 8.75. The number of para-hydroxylation sites is 1. The predicted octanol–water partition coefficient (Wildman–Crippen LogP) is 4.11. The highest BCUT2D eigenvalue weighted by Gasteiger charge is 2.09. The molecule has 3 aromatic heterocycles. The molecule has 3 heterocycles. The van der Waals surface area contributed by atoms with Gasteiger partial charge in [0.1, 0.15) is 18.0 Å². The van der Waals surface area contributed by atoms with Gasteiger partial charge in [-0.1, -0.05) is 18.2 Å². The molecule has 1 aromatic carbocycles. The number of halogens is 1. The van der Waals surface area contributed by atoms with Gasteiger partial charge in [-0.05, 0) is 37.3 Å². The standard InChI is InChI=1S/C20H18FN7/c1-14(18-8-7-15(21)12-23-18)25-19-11-16(9-10-22-19)26-20-24-13-28(27-20)17-5-3-2-4-6-17/h2-14H,1H3,(H2,22,25,26,27)/t14-/m1/s1. The second-order valence-electron chi connectivity index (χ2n) is 6.17. The summed E-state index contributed by atoms with van der Waals surface area (Å²) in [5.41, 5.74) is 2.45. The Kier molecular flexibility index (Phi) is 4.92. The minimum absolute atomic E-state index is 0.126. The van der Waals surface area contributed by atoms with Gasteiger partial charge >= 0.3 is 0 Å². The topological polar surface area (TPSA) is 80.5 Å². The summed E-state index contributed by atoms with van der Waals surface area (Å²) in [6, 6.07) is 16.3. The Morgan fingerprint density at radius 3 is 2.64 bits per heavy atom. The van der Waals surface area contributed by atoms with Crippen LogP contribution in [-0.4, -0.2) is 24.7 Å². The molecule has 0 fully saturated rings. The first-order chi connectivity index (χ1) is 13.7. The van der Waals surface area contributed by atoms with Gasteiger partial charge in [0.15, 0.2) is 0 Å². The molecular weight excluding hydrogens is 357 g/mol. The summed E-state index contributed by atoms with van der Waals surface area (Å²) in [5.74, 6) is 0.781. The number of aromatic nitrogens is 5. The number of nitrogens with zero attached hydrogens (tertiary/aromatic N) is 5. The van der Waals surface area contributed by atoms with Crippen LogP contribution in [0.3, 0.4) is 0 Å². The molecule has 140 valence electrons. The zero-order valence-electron chi connectivity index (χ0n) is 15.1. The van der Waals surface area contributed by atoms with Gasteiger partial charge < -0.3 is 10.6 Å². The lowest BCUT2D eigenvalue weighted by molar-refractivity contribution is 0.617. The molecule has 0 radical (unpaired) electrons. The molecule has 2 N–H and O–H groups in total. The van der Waals surface area contributed by atoms with Crippen LogP contribution >= 0.6 is 0 Å². The molecule has 0 unspecified atom stereocenters. The Balaban J connectivity index is 1.45. The third-order valence-electron chi connectivity index (χ3n) is 4.09. The zero-order valence-corrected chi connectivity index (χ0v) is 15.1. The van der Waals surface area contributed by atoms with Crippen LogP contribution in [-0.2, 0) is 0 Å². The largest absolute Gasteiger partial charge is 0.362 e. The number of anilines is 3. The van der Waals surface area contributed by atoms with Gasteiger partial charge in [-0.2, -0.15) is 4.98 Å². The van der Waals surface area contributed by atoms with Crippen molar-refractivity contribution >= 4 is 17.5 Å². The van der Waals surface area contributed by atoms with E-state index in [0.717, 1.165) is 17.1 Å². The van der Waals surface area contributed by atoms with Crippen LogP contribution < -0.4 is 10.6 Å². The van der Waals surface area contributed by atoms with E-state index in [-0.39, 0.29) is 11.9 Å². The molecule has 1 atom stereocenters. The highest BCUT2D eigenvalue weighted by atomic mass is 19.1. The predicted molar refractivity (Wildman–Crippen MR) is 105 cm³/mol. The van der Waals surface area contributed by atoms with Gasteiger partial charge in [-0.3, -0.25) is 4.98 Å². The quantitative estimate of drug-likeness (QED) is 0.528. The van der Waals surface area contributed by atoms with E-state index in [2.05, 4.69) is 30.7 Å². The summed E-state index contributed by atoms with van der Waals surface area (Å²) in [5, 5.41) is 10.8. The first-order valence-electron chi connectivity index (χ1n) is 8.75. The molecule has 0 aliphatic carbocycles. The number of pyridine rings is 2. The van der Waals surface area contributed by atoms with Crippen molar-refractivity contribution in [3.8, 4) is 5.69 Å². The molecule has 4 rings (SSSR count). The summed E-state index contributed by atoms with van der Waals surface area (Å²) in [7, 11) is 0. The smallest absolute Gasteiger partial charge is 0.246 e. The lowest BCUT2D eigenvalue weighted by atomic mass is 10.2. The fourth-order valence-electron chi connectivity index (χ4n) is 2.68. The fourth-order valence-corrected chi connectivity index (χ4v) is 2.68. The van der Waals surface area contributed by atoms with Crippen molar-refractivity contribution in [3.63, 3.8) is 0 Å². The molecule has 8 heteroatoms. The summed E-state index contributed by atoms with van der Waals surface area (Å²) >= 11 is 0. The van der Waals surface area contributed by atoms with Gasteiger partial charge in [0, 0.05) is 18.0 Å². The molecule has 0 amide bonds. The summed E-state index contributed by atoms with van der Waals surface area (Å²) < 4.78 is 14.7. The summed E-state index contributed by atoms with van der Waals surface area (Å²) in [4.78, 5) is 12.7. The Morgan fingerprint density at radius 1 is 1.00 bits per heavy atom. The molecule has 0 bridgehead atoms. The van der Waals surface area contributed by atoms with Crippen molar-refractivity contribution < 1.29 is 4.39 Å². The van der Waals surface area contributed by atoms with Gasteiger partial charge in [0.05, 0.1) is 23.6 Å². The lowest BCUT2D eigenvalue weighted by Crippen LogP contribution is -2.09. The van der Waals surface area contributed by atoms with Crippen LogP contribution in [0.25, 0.3) is 5.69 Å². The zero-order chi connectivity index (χ0) is 19.3. The molecule has 0 spiro atoms. The SMILES string of the molecule is C[C@@H](Nc1cc(Nc2ncn(-c3ccccc3)n2)ccn1)c1ccc(F)cn1. The monoisotopic (exact) mass is 375 g/mol. The van der Waals surface area contributed by atoms with Crippen LogP contribution in [0.2, 0.25) is 0 Å². The van der Waals surface area contributed by atoms with E-state index in [1.165, 1.54) is 12.3 Å². The third kappa shape index (κ3) is 4.12. The van der Waals surface area contributed by atoms with Crippen molar-refractivity contribution in [2.75, 3.05) is 10.6 Å². The molecule has 0 saturated heterocycles. The van der Waals surface area contributed by atoms with E-state index in [9.17, 15) is 4.39 Å². The lowest BCUT2D eigenvalue weighted by Gasteiger charge is -2.14. The maximum Gasteiger partial charge on any atom is 0.246 e. The molecule has 0 saturated carbocycles. The summed E-state index contributed by atoms with van der Waals surface area (Å²) in [6.07, 6.45) is 4.54. The van der Waals surface area contributed by atoms with E-state index >= 15 is 0 Å². The van der Waals surface area contributed by atoms with Gasteiger partial charge in [0.25, 0.3) is 0 Å². The molecule has 0 aliphatic rings. The van der Waals surface area contributed by atoms with Crippen LogP contribution in [0.15, 0.2) is 73.3 Å². The fraction of sp³-hybridized carbons (Fsp3) is 0.100. The summed E-state index contributed by atoms with van der Waals surface area (Å²) in [6.45, 7) is 1.94. The Hall–Kier alpha value is -3.81. The van der Waals surface area contributed by atoms with Crippen LogP contribution in [0.1, 0.15) is 18.7 Å². The second kappa shape index (κ2) is 7.83. The van der Waals surface area contributed by atoms with Crippen molar-refractivity contribution in [2.24, 2.45) is 0 Å². The number of nitrogens with one attached hydrogen (secondary N) is 2. The van der Waals surface area contributed by atoms with E-state index in [1.807, 2.05) is 49.4 Å². The van der Waals surface area contributed by atoms with E-state index < -0.39 is 0 Å². The van der Waals surface area contributed by atoms with Crippen molar-refractivity contribution in [1.29, 1.82) is 0 Å². The van der Waals surface area contributed by atoms with Gasteiger partial charge in [-0.15, -0.1) is 5.10 Å². The normalized spacial score (nSPS) is 11.8. The number of hydrogen-bond acceptors (Lipinski definition) is 6. The minimum atomic E-state index is -0.359. The molecule has 4 aromatic rings. The average Bonchev–Trinajstić information content (AvgIpc) is 3.18. The van der Waals surface area contributed by atoms with Crippen molar-refractivity contribution in [1.82, 2.24) is 24.7 Å². The van der Waals surface area contributed by atoms with Gasteiger partial charge in [0.2, 0.25) is 5.95 Å². The third-order valence-corrected chi connectivity index (χ3v) is 4.09. The van der Waals surface area contributed by atoms with Crippen LogP contribution in [0, 0.1) is 5.82 Å². The highest BCUT2D eigenvalue weighted by molar-refractivity contribution is 5.58. The van der Waals surface area contributed by atoms with Crippen molar-refractivity contribution in [3.05, 3.63) is 84.8 Å². The van der Waals surface area contributed by atoms with E-state index in [1.54, 1.807) is 23.3 Å². The minimum Gasteiger partial charge on any atom is -0.362 e. The molecular formula is C20H18FN7. The molecule has 28 heavy (non-hydrogen) atoms. The number of rotatable bonds is 6. The first kappa shape index (κ1) is 17.6. The van der Waals surface area contributed by atoms with E-state index in [0.29, 0.717) is 11.8 Å². The van der Waals surface area contributed by atoms with Crippen LogP contribution in [0.4, 0.5) is 21.8 Å². The van der Waals surface area contributed by atoms with E-state index in [4.69, 9.17) is 0 Å². The Labute approximate surface area is 161 Å².